The van der Waals surface area contributed by atoms with Gasteiger partial charge in [-0.1, -0.05) is 0 Å². The molecule has 0 bridgehead atoms. The van der Waals surface area contributed by atoms with Gasteiger partial charge in [0.1, 0.15) is 5.69 Å². The number of hydrogen-bond acceptors (Lipinski definition) is 4. The van der Waals surface area contributed by atoms with Crippen molar-refractivity contribution < 1.29 is 19.1 Å². The summed E-state index contributed by atoms with van der Waals surface area (Å²) in [7, 11) is 1.69. The molecule has 0 saturated carbocycles. The maximum absolute atomic E-state index is 11.6. The van der Waals surface area contributed by atoms with Crippen LogP contribution in [0.2, 0.25) is 0 Å². The van der Waals surface area contributed by atoms with Gasteiger partial charge in [0.2, 0.25) is 0 Å². The molecule has 0 aliphatic heterocycles. The minimum Gasteiger partial charge on any atom is -0.451 e. The summed E-state index contributed by atoms with van der Waals surface area (Å²) in [6.45, 7) is 4.84. The summed E-state index contributed by atoms with van der Waals surface area (Å²) in [5.74, 6) is -1.31. The monoisotopic (exact) mass is 281 g/mol. The molecular weight excluding hydrogens is 262 g/mol. The standard InChI is InChI=1S/C13H19N3O4/c1-13(2,3)15-12(19)14-10(17)8-20-11(18)9-6-5-7-16(9)4/h5-7H,8H2,1-4H3,(H2,14,15,17,19). The Balaban J connectivity index is 2.39. The number of amides is 3. The molecule has 0 saturated heterocycles. The van der Waals surface area contributed by atoms with Gasteiger partial charge >= 0.3 is 12.0 Å². The number of carbonyl (C=O) groups is 3. The van der Waals surface area contributed by atoms with E-state index in [9.17, 15) is 14.4 Å². The summed E-state index contributed by atoms with van der Waals surface area (Å²) in [5, 5.41) is 4.64. The Hall–Kier alpha value is -2.31. The molecule has 20 heavy (non-hydrogen) atoms. The highest BCUT2D eigenvalue weighted by Crippen LogP contribution is 2.01. The Morgan fingerprint density at radius 2 is 1.95 bits per heavy atom. The number of aryl methyl sites for hydroxylation is 1. The van der Waals surface area contributed by atoms with Crippen LogP contribution in [0.1, 0.15) is 31.3 Å². The molecule has 3 amide bonds. The maximum Gasteiger partial charge on any atom is 0.355 e. The first-order valence-electron chi connectivity index (χ1n) is 6.09. The fourth-order valence-corrected chi connectivity index (χ4v) is 1.41. The Bertz CT molecular complexity index is 514. The van der Waals surface area contributed by atoms with Crippen LogP contribution in [0.15, 0.2) is 18.3 Å². The number of urea groups is 1. The lowest BCUT2D eigenvalue weighted by Crippen LogP contribution is -2.49. The summed E-state index contributed by atoms with van der Waals surface area (Å²) in [4.78, 5) is 34.5. The van der Waals surface area contributed by atoms with E-state index in [0.717, 1.165) is 0 Å². The number of aromatic nitrogens is 1. The van der Waals surface area contributed by atoms with E-state index in [1.165, 1.54) is 0 Å². The summed E-state index contributed by atoms with van der Waals surface area (Å²) in [6.07, 6.45) is 1.69. The minimum absolute atomic E-state index is 0.331. The topological polar surface area (TPSA) is 89.4 Å². The molecule has 0 aromatic carbocycles. The quantitative estimate of drug-likeness (QED) is 0.802. The first-order valence-corrected chi connectivity index (χ1v) is 6.09. The van der Waals surface area contributed by atoms with Crippen molar-refractivity contribution >= 4 is 17.9 Å². The highest BCUT2D eigenvalue weighted by molar-refractivity contribution is 5.96. The van der Waals surface area contributed by atoms with Gasteiger partial charge in [-0.25, -0.2) is 9.59 Å². The van der Waals surface area contributed by atoms with E-state index in [0.29, 0.717) is 5.69 Å². The van der Waals surface area contributed by atoms with Crippen LogP contribution in [0.4, 0.5) is 4.79 Å². The van der Waals surface area contributed by atoms with E-state index < -0.39 is 30.1 Å². The SMILES string of the molecule is Cn1cccc1C(=O)OCC(=O)NC(=O)NC(C)(C)C. The zero-order chi connectivity index (χ0) is 15.3. The average molecular weight is 281 g/mol. The minimum atomic E-state index is -0.686. The maximum atomic E-state index is 11.6. The number of carbonyl (C=O) groups excluding carboxylic acids is 3. The van der Waals surface area contributed by atoms with Crippen molar-refractivity contribution in [1.29, 1.82) is 0 Å². The summed E-state index contributed by atoms with van der Waals surface area (Å²) >= 11 is 0. The lowest BCUT2D eigenvalue weighted by molar-refractivity contribution is -0.123. The van der Waals surface area contributed by atoms with Crippen LogP contribution in [-0.4, -0.2) is 34.6 Å². The van der Waals surface area contributed by atoms with E-state index in [1.807, 2.05) is 0 Å². The summed E-state index contributed by atoms with van der Waals surface area (Å²) in [6, 6.07) is 2.64. The van der Waals surface area contributed by atoms with Crippen LogP contribution in [0.25, 0.3) is 0 Å². The van der Waals surface area contributed by atoms with E-state index in [2.05, 4.69) is 10.6 Å². The first kappa shape index (κ1) is 15.7. The van der Waals surface area contributed by atoms with Crippen LogP contribution in [0.5, 0.6) is 0 Å². The van der Waals surface area contributed by atoms with Crippen LogP contribution < -0.4 is 10.6 Å². The second kappa shape index (κ2) is 6.23. The molecule has 1 rings (SSSR count). The number of imide groups is 1. The molecule has 1 aromatic rings. The summed E-state index contributed by atoms with van der Waals surface area (Å²) < 4.78 is 6.38. The van der Waals surface area contributed by atoms with Gasteiger partial charge in [-0.15, -0.1) is 0 Å². The molecule has 0 unspecified atom stereocenters. The van der Waals surface area contributed by atoms with E-state index in [1.54, 1.807) is 50.7 Å². The van der Waals surface area contributed by atoms with Crippen LogP contribution >= 0.6 is 0 Å². The largest absolute Gasteiger partial charge is 0.451 e. The van der Waals surface area contributed by atoms with Crippen LogP contribution in [0, 0.1) is 0 Å². The van der Waals surface area contributed by atoms with Gasteiger partial charge in [0, 0.05) is 18.8 Å². The molecule has 0 aliphatic rings. The number of nitrogens with zero attached hydrogens (tertiary/aromatic N) is 1. The van der Waals surface area contributed by atoms with Gasteiger partial charge in [-0.05, 0) is 32.9 Å². The van der Waals surface area contributed by atoms with E-state index in [4.69, 9.17) is 4.74 Å². The zero-order valence-corrected chi connectivity index (χ0v) is 12.0. The van der Waals surface area contributed by atoms with Gasteiger partial charge < -0.3 is 14.6 Å². The number of esters is 1. The number of ether oxygens (including phenoxy) is 1. The van der Waals surface area contributed by atoms with Crippen molar-refractivity contribution in [3.63, 3.8) is 0 Å². The Labute approximate surface area is 117 Å². The predicted molar refractivity (Wildman–Crippen MR) is 72.1 cm³/mol. The molecule has 7 heteroatoms. The van der Waals surface area contributed by atoms with Gasteiger partial charge in [0.25, 0.3) is 5.91 Å². The Morgan fingerprint density at radius 3 is 2.45 bits per heavy atom. The fourth-order valence-electron chi connectivity index (χ4n) is 1.41. The molecule has 1 heterocycles. The lowest BCUT2D eigenvalue weighted by Gasteiger charge is -2.20. The third-order valence-corrected chi connectivity index (χ3v) is 2.23. The third-order valence-electron chi connectivity index (χ3n) is 2.23. The second-order valence-corrected chi connectivity index (χ2v) is 5.33. The highest BCUT2D eigenvalue weighted by Gasteiger charge is 2.17. The normalized spacial score (nSPS) is 10.8. The average Bonchev–Trinajstić information content (AvgIpc) is 2.69. The smallest absolute Gasteiger partial charge is 0.355 e. The molecule has 0 fully saturated rings. The van der Waals surface area contributed by atoms with Gasteiger partial charge in [-0.2, -0.15) is 0 Å². The third kappa shape index (κ3) is 5.13. The summed E-state index contributed by atoms with van der Waals surface area (Å²) in [5.41, 5.74) is -0.124. The highest BCUT2D eigenvalue weighted by atomic mass is 16.5. The Kier molecular flexibility index (Phi) is 4.90. The molecule has 0 atom stereocenters. The van der Waals surface area contributed by atoms with Crippen molar-refractivity contribution in [2.45, 2.75) is 26.3 Å². The molecule has 7 nitrogen and oxygen atoms in total. The van der Waals surface area contributed by atoms with Crippen molar-refractivity contribution in [1.82, 2.24) is 15.2 Å². The molecule has 1 aromatic heterocycles. The van der Waals surface area contributed by atoms with Crippen LogP contribution in [0.3, 0.4) is 0 Å². The fraction of sp³-hybridized carbons (Fsp3) is 0.462. The zero-order valence-electron chi connectivity index (χ0n) is 12.0. The predicted octanol–water partition coefficient (Wildman–Crippen LogP) is 0.806. The van der Waals surface area contributed by atoms with Gasteiger partial charge in [0.05, 0.1) is 0 Å². The molecule has 2 N–H and O–H groups in total. The number of rotatable bonds is 3. The molecule has 0 aliphatic carbocycles. The van der Waals surface area contributed by atoms with Crippen molar-refractivity contribution in [3.8, 4) is 0 Å². The van der Waals surface area contributed by atoms with Crippen molar-refractivity contribution in [2.24, 2.45) is 7.05 Å². The van der Waals surface area contributed by atoms with E-state index in [-0.39, 0.29) is 0 Å². The molecule has 0 spiro atoms. The van der Waals surface area contributed by atoms with Crippen LogP contribution in [-0.2, 0) is 16.6 Å². The first-order chi connectivity index (χ1) is 9.19. The van der Waals surface area contributed by atoms with Crippen molar-refractivity contribution in [2.75, 3.05) is 6.61 Å². The lowest BCUT2D eigenvalue weighted by atomic mass is 10.1. The molecular formula is C13H19N3O4. The Morgan fingerprint density at radius 1 is 1.30 bits per heavy atom. The van der Waals surface area contributed by atoms with E-state index >= 15 is 0 Å². The van der Waals surface area contributed by atoms with Gasteiger partial charge in [-0.3, -0.25) is 10.1 Å². The van der Waals surface area contributed by atoms with Crippen molar-refractivity contribution in [3.05, 3.63) is 24.0 Å². The number of hydrogen-bond donors (Lipinski definition) is 2. The van der Waals surface area contributed by atoms with Gasteiger partial charge in [0.15, 0.2) is 6.61 Å². The molecule has 110 valence electrons. The molecule has 0 radical (unpaired) electrons. The second-order valence-electron chi connectivity index (χ2n) is 5.33. The number of nitrogens with one attached hydrogen (secondary N) is 2.